The number of benzene rings is 1. The summed E-state index contributed by atoms with van der Waals surface area (Å²) >= 11 is 3.56. The molecule has 1 unspecified atom stereocenters. The highest BCUT2D eigenvalue weighted by Gasteiger charge is 2.27. The minimum absolute atomic E-state index is 0.694. The van der Waals surface area contributed by atoms with Gasteiger partial charge >= 0.3 is 0 Å². The first-order valence-corrected chi connectivity index (χ1v) is 8.46. The minimum Gasteiger partial charge on any atom is -0.370 e. The van der Waals surface area contributed by atoms with Crippen molar-refractivity contribution in [2.45, 2.75) is 32.7 Å². The number of halogens is 1. The lowest BCUT2D eigenvalue weighted by Crippen LogP contribution is -2.37. The van der Waals surface area contributed by atoms with Crippen molar-refractivity contribution in [1.82, 2.24) is 4.90 Å². The van der Waals surface area contributed by atoms with E-state index < -0.39 is 0 Å². The molecule has 1 aromatic rings. The van der Waals surface area contributed by atoms with Gasteiger partial charge in [-0.05, 0) is 56.2 Å². The van der Waals surface area contributed by atoms with Crippen LogP contribution < -0.4 is 10.6 Å². The van der Waals surface area contributed by atoms with E-state index in [1.54, 1.807) is 0 Å². The second-order valence-electron chi connectivity index (χ2n) is 5.42. The molecule has 112 valence electrons. The molecule has 2 N–H and O–H groups in total. The lowest BCUT2D eigenvalue weighted by atomic mass is 10.1. The van der Waals surface area contributed by atoms with Crippen LogP contribution in [0.25, 0.3) is 0 Å². The van der Waals surface area contributed by atoms with Gasteiger partial charge in [-0.3, -0.25) is 4.90 Å². The number of likely N-dealkylation sites (N-methyl/N-ethyl adjacent to an activating group) is 1. The molecule has 1 saturated heterocycles. The largest absolute Gasteiger partial charge is 0.370 e. The predicted molar refractivity (Wildman–Crippen MR) is 90.4 cm³/mol. The van der Waals surface area contributed by atoms with E-state index in [2.05, 4.69) is 57.8 Å². The number of anilines is 1. The quantitative estimate of drug-likeness (QED) is 0.864. The van der Waals surface area contributed by atoms with E-state index >= 15 is 0 Å². The Kier molecular flexibility index (Phi) is 5.87. The SMILES string of the molecule is CCN(CC)C1CCN(c2ccc(Br)cc2CCN)C1. The summed E-state index contributed by atoms with van der Waals surface area (Å²) in [4.78, 5) is 5.10. The zero-order chi connectivity index (χ0) is 14.5. The fourth-order valence-corrected chi connectivity index (χ4v) is 3.63. The summed E-state index contributed by atoms with van der Waals surface area (Å²) in [5.74, 6) is 0. The summed E-state index contributed by atoms with van der Waals surface area (Å²) in [5.41, 5.74) is 8.49. The number of nitrogens with zero attached hydrogens (tertiary/aromatic N) is 2. The Morgan fingerprint density at radius 3 is 2.75 bits per heavy atom. The van der Waals surface area contributed by atoms with Gasteiger partial charge in [-0.2, -0.15) is 0 Å². The van der Waals surface area contributed by atoms with Gasteiger partial charge in [0.1, 0.15) is 0 Å². The van der Waals surface area contributed by atoms with Crippen LogP contribution in [0.15, 0.2) is 22.7 Å². The number of hydrogen-bond donors (Lipinski definition) is 1. The van der Waals surface area contributed by atoms with Crippen LogP contribution in [-0.2, 0) is 6.42 Å². The Morgan fingerprint density at radius 2 is 2.10 bits per heavy atom. The molecule has 0 radical (unpaired) electrons. The zero-order valence-corrected chi connectivity index (χ0v) is 14.2. The third-order valence-electron chi connectivity index (χ3n) is 4.29. The Bertz CT molecular complexity index is 432. The van der Waals surface area contributed by atoms with Gasteiger partial charge in [0.15, 0.2) is 0 Å². The Morgan fingerprint density at radius 1 is 1.35 bits per heavy atom. The molecule has 1 fully saturated rings. The van der Waals surface area contributed by atoms with Crippen LogP contribution in [0.2, 0.25) is 0 Å². The molecule has 0 amide bonds. The van der Waals surface area contributed by atoms with E-state index in [-0.39, 0.29) is 0 Å². The molecular weight excluding hydrogens is 314 g/mol. The Labute approximate surface area is 131 Å². The lowest BCUT2D eigenvalue weighted by molar-refractivity contribution is 0.232. The van der Waals surface area contributed by atoms with Gasteiger partial charge in [0, 0.05) is 29.3 Å². The first-order valence-electron chi connectivity index (χ1n) is 7.67. The van der Waals surface area contributed by atoms with Crippen molar-refractivity contribution >= 4 is 21.6 Å². The van der Waals surface area contributed by atoms with E-state index in [4.69, 9.17) is 5.73 Å². The van der Waals surface area contributed by atoms with Crippen molar-refractivity contribution in [3.8, 4) is 0 Å². The van der Waals surface area contributed by atoms with Crippen molar-refractivity contribution in [3.63, 3.8) is 0 Å². The van der Waals surface area contributed by atoms with Crippen LogP contribution in [-0.4, -0.2) is 43.7 Å². The zero-order valence-electron chi connectivity index (χ0n) is 12.6. The fourth-order valence-electron chi connectivity index (χ4n) is 3.22. The summed E-state index contributed by atoms with van der Waals surface area (Å²) in [6.07, 6.45) is 2.21. The summed E-state index contributed by atoms with van der Waals surface area (Å²) in [6, 6.07) is 7.28. The summed E-state index contributed by atoms with van der Waals surface area (Å²) in [5, 5.41) is 0. The van der Waals surface area contributed by atoms with Crippen molar-refractivity contribution in [1.29, 1.82) is 0 Å². The van der Waals surface area contributed by atoms with E-state index in [0.29, 0.717) is 12.6 Å². The topological polar surface area (TPSA) is 32.5 Å². The standard InChI is InChI=1S/C16H26BrN3/c1-3-19(4-2)15-8-10-20(12-15)16-6-5-14(17)11-13(16)7-9-18/h5-6,11,15H,3-4,7-10,12,18H2,1-2H3. The van der Waals surface area contributed by atoms with Crippen molar-refractivity contribution in [2.75, 3.05) is 37.6 Å². The maximum absolute atomic E-state index is 5.75. The van der Waals surface area contributed by atoms with E-state index in [1.807, 2.05) is 0 Å². The van der Waals surface area contributed by atoms with Crippen LogP contribution in [0.5, 0.6) is 0 Å². The van der Waals surface area contributed by atoms with Gasteiger partial charge in [0.25, 0.3) is 0 Å². The maximum Gasteiger partial charge on any atom is 0.0400 e. The van der Waals surface area contributed by atoms with Gasteiger partial charge < -0.3 is 10.6 Å². The van der Waals surface area contributed by atoms with E-state index in [0.717, 1.165) is 37.1 Å². The molecule has 0 bridgehead atoms. The Balaban J connectivity index is 2.13. The lowest BCUT2D eigenvalue weighted by Gasteiger charge is -2.27. The van der Waals surface area contributed by atoms with Crippen LogP contribution in [0.3, 0.4) is 0 Å². The van der Waals surface area contributed by atoms with Crippen LogP contribution in [0, 0.1) is 0 Å². The second-order valence-corrected chi connectivity index (χ2v) is 6.34. The molecule has 1 aliphatic heterocycles. The molecule has 1 aliphatic rings. The average molecular weight is 340 g/mol. The first kappa shape index (κ1) is 15.8. The highest BCUT2D eigenvalue weighted by atomic mass is 79.9. The molecule has 1 heterocycles. The highest BCUT2D eigenvalue weighted by Crippen LogP contribution is 2.29. The normalized spacial score (nSPS) is 19.1. The summed E-state index contributed by atoms with van der Waals surface area (Å²) in [7, 11) is 0. The number of nitrogens with two attached hydrogens (primary N) is 1. The summed E-state index contributed by atoms with van der Waals surface area (Å²) in [6.45, 7) is 9.80. The van der Waals surface area contributed by atoms with Crippen LogP contribution >= 0.6 is 15.9 Å². The third-order valence-corrected chi connectivity index (χ3v) is 4.78. The molecule has 3 nitrogen and oxygen atoms in total. The predicted octanol–water partition coefficient (Wildman–Crippen LogP) is 2.87. The fraction of sp³-hybridized carbons (Fsp3) is 0.625. The van der Waals surface area contributed by atoms with E-state index in [1.165, 1.54) is 17.7 Å². The molecule has 20 heavy (non-hydrogen) atoms. The van der Waals surface area contributed by atoms with Crippen LogP contribution in [0.4, 0.5) is 5.69 Å². The first-order chi connectivity index (χ1) is 9.69. The van der Waals surface area contributed by atoms with Gasteiger partial charge in [0.05, 0.1) is 0 Å². The molecular formula is C16H26BrN3. The Hall–Kier alpha value is -0.580. The van der Waals surface area contributed by atoms with E-state index in [9.17, 15) is 0 Å². The molecule has 1 aromatic carbocycles. The van der Waals surface area contributed by atoms with Gasteiger partial charge in [-0.1, -0.05) is 29.8 Å². The van der Waals surface area contributed by atoms with Gasteiger partial charge in [-0.15, -0.1) is 0 Å². The number of hydrogen-bond acceptors (Lipinski definition) is 3. The monoisotopic (exact) mass is 339 g/mol. The van der Waals surface area contributed by atoms with Crippen LogP contribution in [0.1, 0.15) is 25.8 Å². The second kappa shape index (κ2) is 7.43. The van der Waals surface area contributed by atoms with Crippen molar-refractivity contribution < 1.29 is 0 Å². The molecule has 0 saturated carbocycles. The van der Waals surface area contributed by atoms with Crippen molar-refractivity contribution in [3.05, 3.63) is 28.2 Å². The molecule has 0 spiro atoms. The molecule has 4 heteroatoms. The number of rotatable bonds is 6. The smallest absolute Gasteiger partial charge is 0.0400 e. The molecule has 0 aromatic heterocycles. The molecule has 2 rings (SSSR count). The summed E-state index contributed by atoms with van der Waals surface area (Å²) < 4.78 is 1.14. The minimum atomic E-state index is 0.694. The molecule has 0 aliphatic carbocycles. The average Bonchev–Trinajstić information content (AvgIpc) is 2.90. The molecule has 1 atom stereocenters. The van der Waals surface area contributed by atoms with Crippen molar-refractivity contribution in [2.24, 2.45) is 5.73 Å². The van der Waals surface area contributed by atoms with Gasteiger partial charge in [0.2, 0.25) is 0 Å². The third kappa shape index (κ3) is 3.54. The van der Waals surface area contributed by atoms with Gasteiger partial charge in [-0.25, -0.2) is 0 Å². The highest BCUT2D eigenvalue weighted by molar-refractivity contribution is 9.10. The maximum atomic E-state index is 5.75.